The molecule has 0 saturated heterocycles. The molecule has 4 rings (SSSR count). The Labute approximate surface area is 186 Å². The topological polar surface area (TPSA) is 56.4 Å². The Morgan fingerprint density at radius 3 is 2.70 bits per heavy atom. The SMILES string of the molecule is Cc1c(=O)n(Cc2ccc(Cl)c(Cl)c2)c(=O)n2cc(C#CCc3cccnc3)sc12. The summed E-state index contributed by atoms with van der Waals surface area (Å²) in [6, 6.07) is 8.86. The maximum atomic E-state index is 13.0. The van der Waals surface area contributed by atoms with Crippen LogP contribution in [0.25, 0.3) is 4.83 Å². The molecule has 3 heterocycles. The first-order valence-corrected chi connectivity index (χ1v) is 10.6. The fourth-order valence-electron chi connectivity index (χ4n) is 3.02. The van der Waals surface area contributed by atoms with Crippen LogP contribution in [-0.4, -0.2) is 14.0 Å². The van der Waals surface area contributed by atoms with Crippen molar-refractivity contribution in [3.05, 3.63) is 101 Å². The van der Waals surface area contributed by atoms with Gasteiger partial charge in [0.15, 0.2) is 0 Å². The van der Waals surface area contributed by atoms with Crippen molar-refractivity contribution >= 4 is 39.4 Å². The Balaban J connectivity index is 1.71. The smallest absolute Gasteiger partial charge is 0.269 e. The summed E-state index contributed by atoms with van der Waals surface area (Å²) in [5.41, 5.74) is 1.49. The summed E-state index contributed by atoms with van der Waals surface area (Å²) in [7, 11) is 0. The molecule has 30 heavy (non-hydrogen) atoms. The molecule has 0 aliphatic rings. The van der Waals surface area contributed by atoms with Gasteiger partial charge in [0.2, 0.25) is 0 Å². The molecule has 0 spiro atoms. The van der Waals surface area contributed by atoms with Crippen LogP contribution in [-0.2, 0) is 13.0 Å². The van der Waals surface area contributed by atoms with Crippen molar-refractivity contribution in [2.75, 3.05) is 0 Å². The normalized spacial score (nSPS) is 10.8. The zero-order valence-corrected chi connectivity index (χ0v) is 18.2. The number of hydrogen-bond donors (Lipinski definition) is 0. The monoisotopic (exact) mass is 455 g/mol. The zero-order valence-electron chi connectivity index (χ0n) is 15.9. The number of nitrogens with zero attached hydrogens (tertiary/aromatic N) is 3. The quantitative estimate of drug-likeness (QED) is 0.435. The van der Waals surface area contributed by atoms with Gasteiger partial charge in [-0.25, -0.2) is 4.79 Å². The molecule has 150 valence electrons. The molecule has 0 unspecified atom stereocenters. The van der Waals surface area contributed by atoms with Crippen molar-refractivity contribution in [1.82, 2.24) is 14.0 Å². The van der Waals surface area contributed by atoms with E-state index >= 15 is 0 Å². The second-order valence-corrected chi connectivity index (χ2v) is 8.50. The molecule has 3 aromatic heterocycles. The maximum absolute atomic E-state index is 13.0. The highest BCUT2D eigenvalue weighted by Gasteiger charge is 2.14. The highest BCUT2D eigenvalue weighted by molar-refractivity contribution is 7.18. The molecule has 0 atom stereocenters. The van der Waals surface area contributed by atoms with Gasteiger partial charge in [0.25, 0.3) is 5.56 Å². The number of hydrogen-bond acceptors (Lipinski definition) is 4. The van der Waals surface area contributed by atoms with Crippen LogP contribution in [0.3, 0.4) is 0 Å². The molecule has 0 saturated carbocycles. The minimum absolute atomic E-state index is 0.107. The second kappa shape index (κ2) is 8.49. The molecule has 8 heteroatoms. The van der Waals surface area contributed by atoms with Gasteiger partial charge in [-0.05, 0) is 36.2 Å². The van der Waals surface area contributed by atoms with E-state index in [0.717, 1.165) is 11.1 Å². The van der Waals surface area contributed by atoms with Gasteiger partial charge in [0.05, 0.1) is 21.5 Å². The lowest BCUT2D eigenvalue weighted by Gasteiger charge is -2.08. The molecular formula is C22H15Cl2N3O2S. The Kier molecular flexibility index (Phi) is 5.78. The van der Waals surface area contributed by atoms with Crippen molar-refractivity contribution in [2.45, 2.75) is 19.9 Å². The minimum atomic E-state index is -0.414. The number of halogens is 2. The summed E-state index contributed by atoms with van der Waals surface area (Å²) in [5, 5.41) is 0.797. The zero-order chi connectivity index (χ0) is 21.3. The van der Waals surface area contributed by atoms with Gasteiger partial charge in [0, 0.05) is 30.6 Å². The molecule has 0 aliphatic carbocycles. The first-order chi connectivity index (χ1) is 14.4. The molecule has 0 amide bonds. The lowest BCUT2D eigenvalue weighted by Crippen LogP contribution is -2.38. The first-order valence-electron chi connectivity index (χ1n) is 9.01. The molecule has 1 aromatic carbocycles. The lowest BCUT2D eigenvalue weighted by molar-refractivity contribution is 0.683. The molecular weight excluding hydrogens is 441 g/mol. The summed E-state index contributed by atoms with van der Waals surface area (Å²) < 4.78 is 2.68. The average molecular weight is 456 g/mol. The number of fused-ring (bicyclic) bond motifs is 1. The number of pyridine rings is 1. The van der Waals surface area contributed by atoms with Crippen molar-refractivity contribution in [1.29, 1.82) is 0 Å². The Morgan fingerprint density at radius 2 is 1.97 bits per heavy atom. The van der Waals surface area contributed by atoms with E-state index in [2.05, 4.69) is 16.8 Å². The van der Waals surface area contributed by atoms with E-state index in [9.17, 15) is 9.59 Å². The van der Waals surface area contributed by atoms with Gasteiger partial charge in [-0.15, -0.1) is 11.3 Å². The van der Waals surface area contributed by atoms with E-state index in [1.165, 1.54) is 20.3 Å². The van der Waals surface area contributed by atoms with Crippen LogP contribution in [0.4, 0.5) is 0 Å². The third-order valence-electron chi connectivity index (χ3n) is 4.55. The summed E-state index contributed by atoms with van der Waals surface area (Å²) >= 11 is 13.3. The molecule has 0 bridgehead atoms. The Hall–Kier alpha value is -2.85. The fourth-order valence-corrected chi connectivity index (χ4v) is 4.30. The standard InChI is InChI=1S/C22H15Cl2N3O2S/c1-14-20(28)26(12-16-7-8-18(23)19(24)10-16)22(29)27-13-17(30-21(14)27)6-2-4-15-5-3-9-25-11-15/h3,5,7-11,13H,4,12H2,1H3. The highest BCUT2D eigenvalue weighted by Crippen LogP contribution is 2.23. The number of rotatable bonds is 3. The predicted octanol–water partition coefficient (Wildman–Crippen LogP) is 4.18. The minimum Gasteiger partial charge on any atom is -0.269 e. The van der Waals surface area contributed by atoms with Crippen LogP contribution in [0.2, 0.25) is 10.0 Å². The predicted molar refractivity (Wildman–Crippen MR) is 121 cm³/mol. The van der Waals surface area contributed by atoms with Crippen LogP contribution in [0.15, 0.2) is 58.5 Å². The largest absolute Gasteiger partial charge is 0.336 e. The molecule has 0 fully saturated rings. The highest BCUT2D eigenvalue weighted by atomic mass is 35.5. The Morgan fingerprint density at radius 1 is 1.13 bits per heavy atom. The number of aryl methyl sites for hydroxylation is 1. The van der Waals surface area contributed by atoms with Crippen molar-refractivity contribution in [3.63, 3.8) is 0 Å². The molecule has 5 nitrogen and oxygen atoms in total. The van der Waals surface area contributed by atoms with Crippen LogP contribution in [0, 0.1) is 18.8 Å². The lowest BCUT2D eigenvalue weighted by atomic mass is 10.2. The average Bonchev–Trinajstić information content (AvgIpc) is 3.17. The van der Waals surface area contributed by atoms with Gasteiger partial charge in [-0.2, -0.15) is 0 Å². The summed E-state index contributed by atoms with van der Waals surface area (Å²) in [6.45, 7) is 1.82. The van der Waals surface area contributed by atoms with Crippen LogP contribution in [0.5, 0.6) is 0 Å². The van der Waals surface area contributed by atoms with E-state index in [0.29, 0.717) is 31.7 Å². The van der Waals surface area contributed by atoms with Gasteiger partial charge in [-0.1, -0.05) is 47.2 Å². The molecule has 0 N–H and O–H groups in total. The third-order valence-corrected chi connectivity index (χ3v) is 6.41. The van der Waals surface area contributed by atoms with E-state index in [1.807, 2.05) is 12.1 Å². The van der Waals surface area contributed by atoms with Crippen LogP contribution in [0.1, 0.15) is 21.6 Å². The van der Waals surface area contributed by atoms with Crippen LogP contribution < -0.4 is 11.2 Å². The van der Waals surface area contributed by atoms with Gasteiger partial charge < -0.3 is 0 Å². The third kappa shape index (κ3) is 4.05. The van der Waals surface area contributed by atoms with E-state index in [-0.39, 0.29) is 12.1 Å². The first kappa shape index (κ1) is 20.4. The van der Waals surface area contributed by atoms with Gasteiger partial charge >= 0.3 is 5.69 Å². The van der Waals surface area contributed by atoms with Crippen LogP contribution >= 0.6 is 34.5 Å². The molecule has 4 aromatic rings. The number of benzene rings is 1. The van der Waals surface area contributed by atoms with Crippen molar-refractivity contribution in [2.24, 2.45) is 0 Å². The summed E-state index contributed by atoms with van der Waals surface area (Å²) in [5.74, 6) is 6.17. The second-order valence-electron chi connectivity index (χ2n) is 6.66. The molecule has 0 aliphatic heterocycles. The molecule has 0 radical (unpaired) electrons. The van der Waals surface area contributed by atoms with E-state index < -0.39 is 5.69 Å². The number of aromatic nitrogens is 3. The van der Waals surface area contributed by atoms with Gasteiger partial charge in [-0.3, -0.25) is 18.7 Å². The maximum Gasteiger partial charge on any atom is 0.336 e. The fraction of sp³-hybridized carbons (Fsp3) is 0.136. The summed E-state index contributed by atoms with van der Waals surface area (Å²) in [6.07, 6.45) is 5.71. The van der Waals surface area contributed by atoms with E-state index in [4.69, 9.17) is 23.2 Å². The van der Waals surface area contributed by atoms with Gasteiger partial charge in [0.1, 0.15) is 4.83 Å². The van der Waals surface area contributed by atoms with E-state index in [1.54, 1.807) is 43.7 Å². The van der Waals surface area contributed by atoms with Crippen molar-refractivity contribution in [3.8, 4) is 11.8 Å². The Bertz CT molecular complexity index is 1430. The number of thiazole rings is 1. The summed E-state index contributed by atoms with van der Waals surface area (Å²) in [4.78, 5) is 31.2. The van der Waals surface area contributed by atoms with Crippen molar-refractivity contribution < 1.29 is 0 Å².